The van der Waals surface area contributed by atoms with Gasteiger partial charge in [0.1, 0.15) is 6.61 Å². The molecule has 0 spiro atoms. The van der Waals surface area contributed by atoms with Gasteiger partial charge in [-0.05, 0) is 11.6 Å². The normalized spacial score (nSPS) is 10.5. The molecule has 11 heavy (non-hydrogen) atoms. The van der Waals surface area contributed by atoms with Gasteiger partial charge in [0.2, 0.25) is 0 Å². The second kappa shape index (κ2) is 3.44. The number of aliphatic hydroxyl groups is 1. The highest BCUT2D eigenvalue weighted by Gasteiger charge is 2.05. The maximum Gasteiger partial charge on any atom is 0.263 e. The lowest BCUT2D eigenvalue weighted by molar-refractivity contribution is 0.151. The van der Waals surface area contributed by atoms with Gasteiger partial charge in [-0.25, -0.2) is 8.78 Å². The number of alkyl halides is 2. The maximum atomic E-state index is 12.0. The zero-order chi connectivity index (χ0) is 8.27. The quantitative estimate of drug-likeness (QED) is 0.699. The molecule has 1 rings (SSSR count). The third-order valence-electron chi connectivity index (χ3n) is 1.31. The van der Waals surface area contributed by atoms with Crippen molar-refractivity contribution in [1.29, 1.82) is 0 Å². The van der Waals surface area contributed by atoms with Gasteiger partial charge in [-0.3, -0.25) is 0 Å². The summed E-state index contributed by atoms with van der Waals surface area (Å²) in [6.07, 6.45) is -2.48. The van der Waals surface area contributed by atoms with Crippen molar-refractivity contribution in [3.05, 3.63) is 42.0 Å². The average molecular weight is 157 g/mol. The fourth-order valence-electron chi connectivity index (χ4n) is 0.775. The molecule has 1 N–H and O–H groups in total. The molecule has 0 aromatic heterocycles. The van der Waals surface area contributed by atoms with Crippen LogP contribution in [0.15, 0.2) is 24.3 Å². The molecule has 1 nitrogen and oxygen atoms in total. The van der Waals surface area contributed by atoms with Crippen LogP contribution in [0.25, 0.3) is 0 Å². The zero-order valence-corrected chi connectivity index (χ0v) is 5.67. The Labute approximate surface area is 63.3 Å². The second-order valence-corrected chi connectivity index (χ2v) is 2.10. The Morgan fingerprint density at radius 3 is 2.64 bits per heavy atom. The Bertz CT molecular complexity index is 235. The van der Waals surface area contributed by atoms with Gasteiger partial charge in [-0.15, -0.1) is 0 Å². The fraction of sp³-hybridized carbons (Fsp3) is 0.125. The molecule has 1 aromatic carbocycles. The molecule has 0 bridgehead atoms. The minimum Gasteiger partial charge on any atom is -0.385 e. The Balaban J connectivity index is 2.91. The molecule has 1 radical (unpaired) electrons. The molecular weight excluding hydrogens is 150 g/mol. The van der Waals surface area contributed by atoms with Crippen molar-refractivity contribution in [3.8, 4) is 0 Å². The molecule has 0 atom stereocenters. The molecule has 3 heteroatoms. The Hall–Kier alpha value is -0.960. The summed E-state index contributed by atoms with van der Waals surface area (Å²) in [6.45, 7) is 0.797. The van der Waals surface area contributed by atoms with Crippen LogP contribution in [-0.2, 0) is 0 Å². The molecule has 0 aliphatic carbocycles. The molecular formula is C8H7F2O. The Kier molecular flexibility index (Phi) is 2.54. The topological polar surface area (TPSA) is 20.2 Å². The van der Waals surface area contributed by atoms with E-state index in [4.69, 9.17) is 5.11 Å². The van der Waals surface area contributed by atoms with Crippen LogP contribution >= 0.6 is 0 Å². The number of rotatable bonds is 2. The molecule has 0 amide bonds. The lowest BCUT2D eigenvalue weighted by Crippen LogP contribution is -1.86. The monoisotopic (exact) mass is 157 g/mol. The minimum atomic E-state index is -2.48. The molecule has 0 saturated heterocycles. The largest absolute Gasteiger partial charge is 0.385 e. The molecule has 0 aliphatic rings. The third-order valence-corrected chi connectivity index (χ3v) is 1.31. The minimum absolute atomic E-state index is 0.0761. The van der Waals surface area contributed by atoms with Crippen LogP contribution < -0.4 is 0 Å². The lowest BCUT2D eigenvalue weighted by Gasteiger charge is -2.00. The summed E-state index contributed by atoms with van der Waals surface area (Å²) in [5.74, 6) is 0. The Morgan fingerprint density at radius 2 is 2.09 bits per heavy atom. The average Bonchev–Trinajstić information content (AvgIpc) is 2.05. The number of benzene rings is 1. The van der Waals surface area contributed by atoms with E-state index in [1.165, 1.54) is 18.2 Å². The molecule has 0 heterocycles. The van der Waals surface area contributed by atoms with Gasteiger partial charge in [-0.2, -0.15) is 0 Å². The summed E-state index contributed by atoms with van der Waals surface area (Å²) in [4.78, 5) is 0. The van der Waals surface area contributed by atoms with E-state index in [0.29, 0.717) is 5.56 Å². The van der Waals surface area contributed by atoms with Crippen LogP contribution in [0.1, 0.15) is 17.6 Å². The van der Waals surface area contributed by atoms with Crippen molar-refractivity contribution in [2.24, 2.45) is 0 Å². The Morgan fingerprint density at radius 1 is 1.36 bits per heavy atom. The van der Waals surface area contributed by atoms with Gasteiger partial charge < -0.3 is 5.11 Å². The number of hydrogen-bond donors (Lipinski definition) is 1. The SMILES string of the molecule is O[CH]c1cccc(C(F)F)c1. The standard InChI is InChI=1S/C8H7F2O/c9-8(10)7-3-1-2-6(4-7)5-11/h1-5,8,11H. The first-order chi connectivity index (χ1) is 5.24. The maximum absolute atomic E-state index is 12.0. The van der Waals surface area contributed by atoms with Gasteiger partial charge in [0, 0.05) is 5.56 Å². The van der Waals surface area contributed by atoms with Crippen LogP contribution in [0.4, 0.5) is 8.78 Å². The first-order valence-corrected chi connectivity index (χ1v) is 3.09. The highest BCUT2D eigenvalue weighted by molar-refractivity contribution is 5.27. The molecule has 1 aromatic rings. The molecule has 0 saturated carbocycles. The van der Waals surface area contributed by atoms with Crippen molar-refractivity contribution in [2.75, 3.05) is 0 Å². The fourth-order valence-corrected chi connectivity index (χ4v) is 0.775. The van der Waals surface area contributed by atoms with Gasteiger partial charge in [-0.1, -0.05) is 18.2 Å². The third kappa shape index (κ3) is 1.98. The van der Waals surface area contributed by atoms with Gasteiger partial charge in [0.05, 0.1) is 0 Å². The first-order valence-electron chi connectivity index (χ1n) is 3.09. The predicted molar refractivity (Wildman–Crippen MR) is 36.7 cm³/mol. The van der Waals surface area contributed by atoms with Gasteiger partial charge >= 0.3 is 0 Å². The van der Waals surface area contributed by atoms with Crippen LogP contribution in [0, 0.1) is 6.61 Å². The first kappa shape index (κ1) is 8.14. The van der Waals surface area contributed by atoms with Crippen LogP contribution in [0.2, 0.25) is 0 Å². The number of hydrogen-bond acceptors (Lipinski definition) is 1. The highest BCUT2D eigenvalue weighted by Crippen LogP contribution is 2.19. The molecule has 59 valence electrons. The van der Waals surface area contributed by atoms with Crippen molar-refractivity contribution in [3.63, 3.8) is 0 Å². The summed E-state index contributed by atoms with van der Waals surface area (Å²) in [6, 6.07) is 5.58. The zero-order valence-electron chi connectivity index (χ0n) is 5.67. The van der Waals surface area contributed by atoms with Crippen molar-refractivity contribution in [2.45, 2.75) is 6.43 Å². The summed E-state index contributed by atoms with van der Waals surface area (Å²) in [7, 11) is 0. The summed E-state index contributed by atoms with van der Waals surface area (Å²) in [5, 5.41) is 8.47. The van der Waals surface area contributed by atoms with Crippen molar-refractivity contribution >= 4 is 0 Å². The predicted octanol–water partition coefficient (Wildman–Crippen LogP) is 2.51. The second-order valence-electron chi connectivity index (χ2n) is 2.10. The molecule has 0 unspecified atom stereocenters. The molecule has 0 fully saturated rings. The lowest BCUT2D eigenvalue weighted by atomic mass is 10.1. The smallest absolute Gasteiger partial charge is 0.263 e. The van der Waals surface area contributed by atoms with E-state index in [1.54, 1.807) is 6.07 Å². The van der Waals surface area contributed by atoms with E-state index in [1.807, 2.05) is 0 Å². The van der Waals surface area contributed by atoms with Crippen molar-refractivity contribution in [1.82, 2.24) is 0 Å². The summed E-state index contributed by atoms with van der Waals surface area (Å²) >= 11 is 0. The van der Waals surface area contributed by atoms with E-state index in [-0.39, 0.29) is 5.56 Å². The number of aliphatic hydroxyl groups excluding tert-OH is 1. The van der Waals surface area contributed by atoms with E-state index in [2.05, 4.69) is 0 Å². The summed E-state index contributed by atoms with van der Waals surface area (Å²) in [5.41, 5.74) is 0.315. The van der Waals surface area contributed by atoms with E-state index in [9.17, 15) is 8.78 Å². The van der Waals surface area contributed by atoms with Crippen LogP contribution in [0.5, 0.6) is 0 Å². The van der Waals surface area contributed by atoms with Gasteiger partial charge in [0.25, 0.3) is 6.43 Å². The van der Waals surface area contributed by atoms with Crippen molar-refractivity contribution < 1.29 is 13.9 Å². The van der Waals surface area contributed by atoms with E-state index < -0.39 is 6.43 Å². The van der Waals surface area contributed by atoms with Crippen LogP contribution in [-0.4, -0.2) is 5.11 Å². The molecule has 0 aliphatic heterocycles. The van der Waals surface area contributed by atoms with Crippen LogP contribution in [0.3, 0.4) is 0 Å². The number of halogens is 2. The van der Waals surface area contributed by atoms with E-state index >= 15 is 0 Å². The highest BCUT2D eigenvalue weighted by atomic mass is 19.3. The summed E-state index contributed by atoms with van der Waals surface area (Å²) < 4.78 is 24.0. The van der Waals surface area contributed by atoms with E-state index in [0.717, 1.165) is 6.61 Å². The van der Waals surface area contributed by atoms with Gasteiger partial charge in [0.15, 0.2) is 0 Å².